The lowest BCUT2D eigenvalue weighted by Gasteiger charge is -1.94. The molecule has 2 nitrogen and oxygen atoms in total. The van der Waals surface area contributed by atoms with E-state index in [1.165, 1.54) is 0 Å². The van der Waals surface area contributed by atoms with Crippen LogP contribution in [0.25, 0.3) is 0 Å². The molecule has 0 atom stereocenters. The molecule has 0 bridgehead atoms. The largest absolute Gasteiger partial charge is 0.171 e. The number of hydrazone groups is 1. The molecule has 0 aliphatic carbocycles. The molecule has 0 aromatic carbocycles. The van der Waals surface area contributed by atoms with E-state index in [9.17, 15) is 0 Å². The summed E-state index contributed by atoms with van der Waals surface area (Å²) in [4.78, 5) is 0. The minimum Gasteiger partial charge on any atom is -0.171 e. The van der Waals surface area contributed by atoms with Crippen LogP contribution < -0.4 is 0 Å². The van der Waals surface area contributed by atoms with Gasteiger partial charge in [-0.3, -0.25) is 0 Å². The fraction of sp³-hybridized carbons (Fsp3) is 0.500. The molecular weight excluding hydrogens is 164 g/mol. The van der Waals surface area contributed by atoms with Gasteiger partial charge in [0, 0.05) is 6.21 Å². The van der Waals surface area contributed by atoms with E-state index < -0.39 is 0 Å². The van der Waals surface area contributed by atoms with Crippen molar-refractivity contribution in [2.75, 3.05) is 5.75 Å². The molecule has 0 unspecified atom stereocenters. The molecule has 0 radical (unpaired) electrons. The van der Waals surface area contributed by atoms with Gasteiger partial charge >= 0.3 is 0 Å². The van der Waals surface area contributed by atoms with Gasteiger partial charge in [-0.2, -0.15) is 8.54 Å². The van der Waals surface area contributed by atoms with Crippen molar-refractivity contribution in [3.8, 4) is 0 Å². The molecule has 1 aliphatic heterocycles. The monoisotopic (exact) mass is 166 g/mol. The van der Waals surface area contributed by atoms with Crippen molar-refractivity contribution in [2.45, 2.75) is 0 Å². The van der Waals surface area contributed by atoms with Crippen LogP contribution in [0.15, 0.2) is 5.10 Å². The number of hydrogen-bond acceptors (Lipinski definition) is 3. The fourth-order valence-corrected chi connectivity index (χ4v) is 1.10. The van der Waals surface area contributed by atoms with Gasteiger partial charge in [-0.1, -0.05) is 0 Å². The quantitative estimate of drug-likeness (QED) is 0.398. The number of halogens is 1. The summed E-state index contributed by atoms with van der Waals surface area (Å²) in [5.74, 6) is 0.991. The molecule has 0 saturated carbocycles. The zero-order chi connectivity index (χ0) is 4.41. The molecular formula is C2H3BrN2S. The van der Waals surface area contributed by atoms with Gasteiger partial charge in [0.1, 0.15) is 0 Å². The number of rotatable bonds is 0. The second-order valence-electron chi connectivity index (χ2n) is 0.820. The lowest BCUT2D eigenvalue weighted by Crippen LogP contribution is -1.77. The zero-order valence-corrected chi connectivity index (χ0v) is 5.37. The maximum atomic E-state index is 3.82. The van der Waals surface area contributed by atoms with Crippen LogP contribution in [-0.2, 0) is 0 Å². The molecule has 0 spiro atoms. The molecule has 0 amide bonds. The van der Waals surface area contributed by atoms with Crippen molar-refractivity contribution in [3.63, 3.8) is 0 Å². The van der Waals surface area contributed by atoms with Gasteiger partial charge in [0.2, 0.25) is 0 Å². The summed E-state index contributed by atoms with van der Waals surface area (Å²) >= 11 is 4.76. The van der Waals surface area contributed by atoms with E-state index in [0.717, 1.165) is 5.75 Å². The molecule has 6 heavy (non-hydrogen) atoms. The van der Waals surface area contributed by atoms with Gasteiger partial charge in [0.25, 0.3) is 0 Å². The Bertz CT molecular complexity index is 73.9. The van der Waals surface area contributed by atoms with Crippen LogP contribution in [0.1, 0.15) is 0 Å². The van der Waals surface area contributed by atoms with Crippen LogP contribution in [0, 0.1) is 0 Å². The van der Waals surface area contributed by atoms with Crippen molar-refractivity contribution in [3.05, 3.63) is 0 Å². The Kier molecular flexibility index (Phi) is 1.37. The van der Waals surface area contributed by atoms with E-state index in [1.54, 1.807) is 15.4 Å². The minimum absolute atomic E-state index is 0.991. The van der Waals surface area contributed by atoms with Crippen LogP contribution >= 0.6 is 28.1 Å². The van der Waals surface area contributed by atoms with E-state index in [1.807, 2.05) is 6.21 Å². The fourth-order valence-electron chi connectivity index (χ4n) is 0.226. The Morgan fingerprint density at radius 3 is 3.00 bits per heavy atom. The molecule has 1 aliphatic rings. The Hall–Kier alpha value is 0.300. The Labute approximate surface area is 49.1 Å². The maximum Gasteiger partial charge on any atom is 0.0835 e. The highest BCUT2D eigenvalue weighted by Gasteiger charge is 1.98. The summed E-state index contributed by atoms with van der Waals surface area (Å²) in [7, 11) is 0. The van der Waals surface area contributed by atoms with Crippen LogP contribution in [0.2, 0.25) is 0 Å². The maximum absolute atomic E-state index is 3.82. The predicted molar refractivity (Wildman–Crippen MR) is 31.7 cm³/mol. The summed E-state index contributed by atoms with van der Waals surface area (Å²) in [6.45, 7) is 0. The minimum atomic E-state index is 0.991. The van der Waals surface area contributed by atoms with Crippen molar-refractivity contribution in [1.29, 1.82) is 0 Å². The number of hydrogen-bond donors (Lipinski definition) is 0. The third-order valence-corrected chi connectivity index (χ3v) is 1.83. The molecule has 0 aromatic heterocycles. The zero-order valence-electron chi connectivity index (χ0n) is 2.97. The van der Waals surface area contributed by atoms with Crippen molar-refractivity contribution in [2.24, 2.45) is 5.10 Å². The first-order valence-electron chi connectivity index (χ1n) is 1.51. The lowest BCUT2D eigenvalue weighted by molar-refractivity contribution is 0.870. The number of nitrogens with zero attached hydrogens (tertiary/aromatic N) is 2. The van der Waals surface area contributed by atoms with E-state index in [0.29, 0.717) is 0 Å². The van der Waals surface area contributed by atoms with Gasteiger partial charge in [-0.25, -0.2) is 0 Å². The van der Waals surface area contributed by atoms with Crippen molar-refractivity contribution in [1.82, 2.24) is 3.44 Å². The normalized spacial score (nSPS) is 19.8. The van der Waals surface area contributed by atoms with E-state index in [-0.39, 0.29) is 0 Å². The first-order chi connectivity index (χ1) is 2.89. The highest BCUT2D eigenvalue weighted by atomic mass is 79.9. The van der Waals surface area contributed by atoms with Crippen LogP contribution in [0.3, 0.4) is 0 Å². The highest BCUT2D eigenvalue weighted by Crippen LogP contribution is 2.18. The summed E-state index contributed by atoms with van der Waals surface area (Å²) in [6.07, 6.45) is 1.85. The van der Waals surface area contributed by atoms with Crippen molar-refractivity contribution < 1.29 is 0 Å². The van der Waals surface area contributed by atoms with E-state index in [2.05, 4.69) is 21.2 Å². The smallest absolute Gasteiger partial charge is 0.0835 e. The SMILES string of the molecule is BrN1N=CCS1. The average Bonchev–Trinajstić information content (AvgIpc) is 1.86. The topological polar surface area (TPSA) is 15.6 Å². The predicted octanol–water partition coefficient (Wildman–Crippen LogP) is 1.25. The molecule has 34 valence electrons. The molecule has 0 saturated heterocycles. The third-order valence-electron chi connectivity index (χ3n) is 0.428. The third kappa shape index (κ3) is 0.879. The van der Waals surface area contributed by atoms with E-state index >= 15 is 0 Å². The lowest BCUT2D eigenvalue weighted by atomic mass is 10.9. The summed E-state index contributed by atoms with van der Waals surface area (Å²) in [6, 6.07) is 0. The molecule has 0 aromatic rings. The molecule has 0 fully saturated rings. The van der Waals surface area contributed by atoms with Gasteiger partial charge in [0.15, 0.2) is 0 Å². The Balaban J connectivity index is 2.38. The first kappa shape index (κ1) is 4.46. The summed E-state index contributed by atoms with van der Waals surface area (Å²) < 4.78 is 1.66. The molecule has 0 N–H and O–H groups in total. The Morgan fingerprint density at radius 2 is 2.83 bits per heavy atom. The van der Waals surface area contributed by atoms with Crippen molar-refractivity contribution >= 4 is 34.3 Å². The molecule has 4 heteroatoms. The second kappa shape index (κ2) is 1.84. The molecule has 1 rings (SSSR count). The van der Waals surface area contributed by atoms with Crippen LogP contribution in [-0.4, -0.2) is 15.4 Å². The Morgan fingerprint density at radius 1 is 2.00 bits per heavy atom. The van der Waals surface area contributed by atoms with Gasteiger partial charge in [0.05, 0.1) is 21.9 Å². The van der Waals surface area contributed by atoms with E-state index in [4.69, 9.17) is 0 Å². The van der Waals surface area contributed by atoms with Crippen LogP contribution in [0.5, 0.6) is 0 Å². The summed E-state index contributed by atoms with van der Waals surface area (Å²) in [5, 5.41) is 3.82. The first-order valence-corrected chi connectivity index (χ1v) is 3.16. The average molecular weight is 167 g/mol. The van der Waals surface area contributed by atoms with Crippen LogP contribution in [0.4, 0.5) is 0 Å². The second-order valence-corrected chi connectivity index (χ2v) is 2.90. The standard InChI is InChI=1S/C2H3BrN2S/c3-5-4-1-2-6-5/h1H,2H2. The van der Waals surface area contributed by atoms with Gasteiger partial charge in [-0.15, -0.1) is 0 Å². The summed E-state index contributed by atoms with van der Waals surface area (Å²) in [5.41, 5.74) is 0. The van der Waals surface area contributed by atoms with Gasteiger partial charge in [-0.05, 0) is 11.9 Å². The molecule has 1 heterocycles. The highest BCUT2D eigenvalue weighted by molar-refractivity contribution is 9.09. The van der Waals surface area contributed by atoms with Gasteiger partial charge < -0.3 is 0 Å².